The van der Waals surface area contributed by atoms with Crippen molar-refractivity contribution in [3.8, 4) is 28.0 Å². The summed E-state index contributed by atoms with van der Waals surface area (Å²) in [4.78, 5) is 33.8. The number of hydrogen-bond acceptors (Lipinski definition) is 6. The Balaban J connectivity index is 1.31. The predicted molar refractivity (Wildman–Crippen MR) is 184 cm³/mol. The lowest BCUT2D eigenvalue weighted by Gasteiger charge is -2.34. The molecule has 0 atom stereocenters. The van der Waals surface area contributed by atoms with Crippen molar-refractivity contribution >= 4 is 12.2 Å². The highest BCUT2D eigenvalue weighted by Gasteiger charge is 2.31. The number of phenolic OH excluding ortho intramolecular Hbond substituents is 1. The van der Waals surface area contributed by atoms with E-state index < -0.39 is 23.4 Å². The fourth-order valence-electron chi connectivity index (χ4n) is 5.86. The zero-order valence-corrected chi connectivity index (χ0v) is 28.5. The van der Waals surface area contributed by atoms with Gasteiger partial charge >= 0.3 is 18.4 Å². The van der Waals surface area contributed by atoms with E-state index in [9.17, 15) is 27.9 Å². The molecule has 50 heavy (non-hydrogen) atoms. The molecule has 1 saturated heterocycles. The number of hydrogen-bond donors (Lipinski definition) is 1. The number of pyridine rings is 1. The Labute approximate surface area is 290 Å². The second-order valence-corrected chi connectivity index (χ2v) is 13.5. The maximum Gasteiger partial charge on any atom is 0.416 e. The molecule has 0 aliphatic carbocycles. The Morgan fingerprint density at radius 2 is 1.62 bits per heavy atom. The Morgan fingerprint density at radius 3 is 2.32 bits per heavy atom. The number of carbonyl (C=O) groups is 2. The Bertz CT molecular complexity index is 1770. The third-order valence-electron chi connectivity index (χ3n) is 8.54. The zero-order chi connectivity index (χ0) is 35.9. The van der Waals surface area contributed by atoms with Crippen molar-refractivity contribution in [2.24, 2.45) is 5.92 Å². The molecular weight excluding hydrogens is 647 g/mol. The minimum atomic E-state index is -4.48. The van der Waals surface area contributed by atoms with E-state index in [0.29, 0.717) is 54.0 Å². The van der Waals surface area contributed by atoms with Gasteiger partial charge in [-0.05, 0) is 105 Å². The molecule has 1 N–H and O–H groups in total. The van der Waals surface area contributed by atoms with Crippen LogP contribution >= 0.6 is 0 Å². The number of amides is 2. The van der Waals surface area contributed by atoms with Crippen LogP contribution in [0.3, 0.4) is 0 Å². The van der Waals surface area contributed by atoms with Crippen molar-refractivity contribution in [1.82, 2.24) is 14.8 Å². The standard InChI is InChI=1S/C39H42F3N3O5/c1-38(2,3)50-37(48)44-19-15-27(16-20-44)17-21-45(36(47)49-26-28-8-5-4-6-9-28)25-33-23-31(14-18-43-33)34-24-30(12-13-35(34)46)29-10-7-11-32(22-29)39(40,41)42/h4-14,18,22-24,27,46H,15-17,19-21,25-26H2,1-3H3. The second kappa shape index (κ2) is 15.7. The minimum absolute atomic E-state index is 0.0465. The highest BCUT2D eigenvalue weighted by molar-refractivity contribution is 5.78. The summed E-state index contributed by atoms with van der Waals surface area (Å²) in [6.07, 6.45) is -1.48. The van der Waals surface area contributed by atoms with E-state index in [-0.39, 0.29) is 30.9 Å². The van der Waals surface area contributed by atoms with Crippen molar-refractivity contribution in [3.63, 3.8) is 0 Å². The molecule has 1 fully saturated rings. The van der Waals surface area contributed by atoms with E-state index in [1.165, 1.54) is 12.1 Å². The fraction of sp³-hybridized carbons (Fsp3) is 0.359. The highest BCUT2D eigenvalue weighted by Crippen LogP contribution is 2.36. The first-order chi connectivity index (χ1) is 23.7. The smallest absolute Gasteiger partial charge is 0.416 e. The molecule has 8 nitrogen and oxygen atoms in total. The van der Waals surface area contributed by atoms with Crippen LogP contribution in [0.25, 0.3) is 22.3 Å². The van der Waals surface area contributed by atoms with Gasteiger partial charge in [0.05, 0.1) is 17.8 Å². The van der Waals surface area contributed by atoms with Crippen molar-refractivity contribution in [3.05, 3.63) is 108 Å². The molecule has 1 aliphatic rings. The van der Waals surface area contributed by atoms with Crippen LogP contribution in [0.1, 0.15) is 56.9 Å². The lowest BCUT2D eigenvalue weighted by atomic mass is 9.93. The van der Waals surface area contributed by atoms with Crippen molar-refractivity contribution in [1.29, 1.82) is 0 Å². The number of carbonyl (C=O) groups excluding carboxylic acids is 2. The Hall–Kier alpha value is -5.06. The van der Waals surface area contributed by atoms with E-state index in [4.69, 9.17) is 9.47 Å². The number of halogens is 3. The van der Waals surface area contributed by atoms with Crippen LogP contribution in [0.15, 0.2) is 91.1 Å². The molecule has 0 saturated carbocycles. The largest absolute Gasteiger partial charge is 0.507 e. The number of ether oxygens (including phenoxy) is 2. The third-order valence-corrected chi connectivity index (χ3v) is 8.54. The third kappa shape index (κ3) is 9.99. The first-order valence-electron chi connectivity index (χ1n) is 16.6. The number of piperidine rings is 1. The minimum Gasteiger partial charge on any atom is -0.507 e. The summed E-state index contributed by atoms with van der Waals surface area (Å²) in [6, 6.07) is 22.5. The van der Waals surface area contributed by atoms with Crippen molar-refractivity contribution in [2.75, 3.05) is 19.6 Å². The predicted octanol–water partition coefficient (Wildman–Crippen LogP) is 9.32. The Morgan fingerprint density at radius 1 is 0.900 bits per heavy atom. The lowest BCUT2D eigenvalue weighted by molar-refractivity contribution is -0.137. The molecule has 0 unspecified atom stereocenters. The van der Waals surface area contributed by atoms with Gasteiger partial charge in [-0.25, -0.2) is 9.59 Å². The van der Waals surface area contributed by atoms with Crippen LogP contribution in [-0.2, 0) is 28.8 Å². The molecule has 2 amide bonds. The van der Waals surface area contributed by atoms with Crippen molar-refractivity contribution in [2.45, 2.75) is 65.0 Å². The van der Waals surface area contributed by atoms with Crippen molar-refractivity contribution < 1.29 is 37.3 Å². The summed E-state index contributed by atoms with van der Waals surface area (Å²) in [6.45, 7) is 7.30. The fourth-order valence-corrected chi connectivity index (χ4v) is 5.86. The highest BCUT2D eigenvalue weighted by atomic mass is 19.4. The van der Waals surface area contributed by atoms with Crippen LogP contribution < -0.4 is 0 Å². The van der Waals surface area contributed by atoms with Gasteiger partial charge in [-0.15, -0.1) is 0 Å². The SMILES string of the molecule is CC(C)(C)OC(=O)N1CCC(CCN(Cc2cc(-c3cc(-c4cccc(C(F)(F)F)c4)ccc3O)ccn2)C(=O)OCc2ccccc2)CC1. The van der Waals surface area contributed by atoms with E-state index >= 15 is 0 Å². The van der Waals surface area contributed by atoms with Gasteiger partial charge in [0.25, 0.3) is 0 Å². The molecule has 1 aliphatic heterocycles. The number of phenols is 1. The summed E-state index contributed by atoms with van der Waals surface area (Å²) in [5, 5.41) is 10.8. The second-order valence-electron chi connectivity index (χ2n) is 13.5. The van der Waals surface area contributed by atoms with Gasteiger partial charge < -0.3 is 24.4 Å². The molecule has 4 aromatic rings. The molecule has 11 heteroatoms. The first kappa shape index (κ1) is 36.2. The summed E-state index contributed by atoms with van der Waals surface area (Å²) in [5.74, 6) is 0.239. The summed E-state index contributed by atoms with van der Waals surface area (Å²) in [7, 11) is 0. The molecule has 0 bridgehead atoms. The topological polar surface area (TPSA) is 92.2 Å². The number of rotatable bonds is 9. The van der Waals surface area contributed by atoms with Gasteiger partial charge in [0.2, 0.25) is 0 Å². The van der Waals surface area contributed by atoms with Crippen LogP contribution in [-0.4, -0.2) is 57.3 Å². The average Bonchev–Trinajstić information content (AvgIpc) is 3.09. The normalized spacial score (nSPS) is 13.9. The summed E-state index contributed by atoms with van der Waals surface area (Å²) < 4.78 is 51.4. The van der Waals surface area contributed by atoms with Gasteiger partial charge in [0.1, 0.15) is 18.0 Å². The van der Waals surface area contributed by atoms with Crippen LogP contribution in [0.5, 0.6) is 5.75 Å². The number of aromatic nitrogens is 1. The number of benzene rings is 3. The summed E-state index contributed by atoms with van der Waals surface area (Å²) >= 11 is 0. The zero-order valence-electron chi connectivity index (χ0n) is 28.5. The molecular formula is C39H42F3N3O5. The quantitative estimate of drug-likeness (QED) is 0.188. The van der Waals surface area contributed by atoms with E-state index in [1.807, 2.05) is 51.1 Å². The molecule has 0 radical (unpaired) electrons. The molecule has 0 spiro atoms. The molecule has 3 aromatic carbocycles. The monoisotopic (exact) mass is 689 g/mol. The summed E-state index contributed by atoms with van der Waals surface area (Å²) in [5.41, 5.74) is 1.94. The van der Waals surface area contributed by atoms with Gasteiger partial charge in [-0.1, -0.05) is 48.5 Å². The lowest BCUT2D eigenvalue weighted by Crippen LogP contribution is -2.42. The molecule has 2 heterocycles. The Kier molecular flexibility index (Phi) is 11.3. The molecule has 5 rings (SSSR count). The van der Waals surface area contributed by atoms with E-state index in [1.54, 1.807) is 46.3 Å². The van der Waals surface area contributed by atoms with Crippen LogP contribution in [0, 0.1) is 5.92 Å². The van der Waals surface area contributed by atoms with Gasteiger partial charge in [-0.2, -0.15) is 13.2 Å². The number of aromatic hydroxyl groups is 1. The number of nitrogens with zero attached hydrogens (tertiary/aromatic N) is 3. The van der Waals surface area contributed by atoms with Gasteiger partial charge in [-0.3, -0.25) is 4.98 Å². The van der Waals surface area contributed by atoms with Crippen LogP contribution in [0.4, 0.5) is 22.8 Å². The van der Waals surface area contributed by atoms with Crippen LogP contribution in [0.2, 0.25) is 0 Å². The van der Waals surface area contributed by atoms with Gasteiger partial charge in [0, 0.05) is 31.4 Å². The molecule has 1 aromatic heterocycles. The first-order valence-corrected chi connectivity index (χ1v) is 16.6. The van der Waals surface area contributed by atoms with Gasteiger partial charge in [0.15, 0.2) is 0 Å². The molecule has 264 valence electrons. The maximum absolute atomic E-state index is 13.5. The maximum atomic E-state index is 13.5. The van der Waals surface area contributed by atoms with E-state index in [2.05, 4.69) is 4.98 Å². The van der Waals surface area contributed by atoms with E-state index in [0.717, 1.165) is 30.5 Å². The number of alkyl halides is 3. The number of likely N-dealkylation sites (tertiary alicyclic amines) is 1. The average molecular weight is 690 g/mol.